The predicted octanol–water partition coefficient (Wildman–Crippen LogP) is 4.88. The number of methoxy groups -OCH3 is 1. The van der Waals surface area contributed by atoms with Crippen LogP contribution in [0.1, 0.15) is 63.3 Å². The number of nitrogens with zero attached hydrogens (tertiary/aromatic N) is 2. The van der Waals surface area contributed by atoms with Gasteiger partial charge in [0.05, 0.1) is 12.7 Å². The second-order valence-corrected chi connectivity index (χ2v) is 10.4. The van der Waals surface area contributed by atoms with Gasteiger partial charge < -0.3 is 14.8 Å². The number of ether oxygens (including phenoxy) is 1. The topological polar surface area (TPSA) is 61.4 Å². The molecule has 0 spiro atoms. The van der Waals surface area contributed by atoms with Crippen molar-refractivity contribution in [2.24, 2.45) is 0 Å². The molecule has 3 atom stereocenters. The predicted molar refractivity (Wildman–Crippen MR) is 123 cm³/mol. The van der Waals surface area contributed by atoms with E-state index < -0.39 is 5.60 Å². The maximum atomic E-state index is 11.6. The van der Waals surface area contributed by atoms with Gasteiger partial charge in [-0.3, -0.25) is 4.90 Å². The first-order valence-electron chi connectivity index (χ1n) is 11.4. The lowest BCUT2D eigenvalue weighted by Gasteiger charge is -2.44. The number of aromatic amines is 1. The zero-order chi connectivity index (χ0) is 21.8. The quantitative estimate of drug-likeness (QED) is 0.632. The van der Waals surface area contributed by atoms with Crippen LogP contribution in [0.4, 0.5) is 0 Å². The summed E-state index contributed by atoms with van der Waals surface area (Å²) in [6.45, 7) is 7.68. The number of piperidine rings is 1. The van der Waals surface area contributed by atoms with Crippen LogP contribution in [-0.2, 0) is 17.6 Å². The molecule has 1 unspecified atom stereocenters. The lowest BCUT2D eigenvalue weighted by Crippen LogP contribution is -2.49. The fraction of sp³-hybridized carbons (Fsp3) is 0.500. The molecule has 3 aromatic rings. The van der Waals surface area contributed by atoms with Gasteiger partial charge in [-0.2, -0.15) is 0 Å². The van der Waals surface area contributed by atoms with Crippen LogP contribution in [0.3, 0.4) is 0 Å². The summed E-state index contributed by atoms with van der Waals surface area (Å²) < 4.78 is 5.30. The summed E-state index contributed by atoms with van der Waals surface area (Å²) in [7, 11) is 1.68. The van der Waals surface area contributed by atoms with Crippen molar-refractivity contribution in [1.82, 2.24) is 14.9 Å². The molecular weight excluding hydrogens is 386 g/mol. The maximum absolute atomic E-state index is 11.6. The maximum Gasteiger partial charge on any atom is 0.137 e. The Balaban J connectivity index is 1.44. The first-order chi connectivity index (χ1) is 14.8. The van der Waals surface area contributed by atoms with E-state index in [1.807, 2.05) is 36.5 Å². The smallest absolute Gasteiger partial charge is 0.137 e. The number of nitrogens with one attached hydrogen (secondary N) is 1. The van der Waals surface area contributed by atoms with Crippen LogP contribution in [0.15, 0.2) is 42.6 Å². The number of fused-ring (bicyclic) bond motifs is 3. The standard InChI is InChI=1S/C26H33N3O2/c1-25(2,3)23-22(21-6-5-13-27-24(21)28-23)16-29-18-9-10-19(29)15-26(30,14-18)17-7-11-20(31-4)12-8-17/h5-8,11-13,18-19,30H,9-10,14-16H2,1-4H3,(H,27,28)/t18-,19+,26?. The summed E-state index contributed by atoms with van der Waals surface area (Å²) in [6.07, 6.45) is 5.71. The van der Waals surface area contributed by atoms with Crippen LogP contribution >= 0.6 is 0 Å². The van der Waals surface area contributed by atoms with Gasteiger partial charge in [0.2, 0.25) is 0 Å². The van der Waals surface area contributed by atoms with Gasteiger partial charge in [0.25, 0.3) is 0 Å². The Kier molecular flexibility index (Phi) is 4.87. The van der Waals surface area contributed by atoms with Gasteiger partial charge in [-0.05, 0) is 61.1 Å². The Bertz CT molecular complexity index is 1070. The third kappa shape index (κ3) is 3.54. The molecule has 2 N–H and O–H groups in total. The molecule has 4 heterocycles. The lowest BCUT2D eigenvalue weighted by atomic mass is 9.80. The highest BCUT2D eigenvalue weighted by Gasteiger charge is 2.48. The van der Waals surface area contributed by atoms with E-state index in [1.165, 1.54) is 16.6 Å². The average Bonchev–Trinajstić information content (AvgIpc) is 3.24. The van der Waals surface area contributed by atoms with E-state index in [0.29, 0.717) is 12.1 Å². The van der Waals surface area contributed by atoms with Crippen molar-refractivity contribution >= 4 is 11.0 Å². The van der Waals surface area contributed by atoms with Crippen molar-refractivity contribution in [3.63, 3.8) is 0 Å². The van der Waals surface area contributed by atoms with Crippen LogP contribution in [0.5, 0.6) is 5.75 Å². The third-order valence-corrected chi connectivity index (χ3v) is 7.31. The molecule has 2 aliphatic heterocycles. The van der Waals surface area contributed by atoms with Crippen LogP contribution < -0.4 is 4.74 Å². The van der Waals surface area contributed by atoms with E-state index in [-0.39, 0.29) is 5.41 Å². The van der Waals surface area contributed by atoms with E-state index >= 15 is 0 Å². The minimum atomic E-state index is -0.761. The molecule has 0 amide bonds. The molecule has 5 heteroatoms. The fourth-order valence-corrected chi connectivity index (χ4v) is 5.78. The van der Waals surface area contributed by atoms with Crippen LogP contribution in [0.2, 0.25) is 0 Å². The monoisotopic (exact) mass is 419 g/mol. The Hall–Kier alpha value is -2.37. The average molecular weight is 420 g/mol. The third-order valence-electron chi connectivity index (χ3n) is 7.31. The number of pyridine rings is 1. The Morgan fingerprint density at radius 2 is 1.81 bits per heavy atom. The van der Waals surface area contributed by atoms with Gasteiger partial charge in [0.15, 0.2) is 0 Å². The summed E-state index contributed by atoms with van der Waals surface area (Å²) >= 11 is 0. The molecule has 5 rings (SSSR count). The van der Waals surface area contributed by atoms with E-state index in [1.54, 1.807) is 7.11 Å². The zero-order valence-electron chi connectivity index (χ0n) is 19.0. The Labute approximate surface area is 184 Å². The molecule has 2 aliphatic rings. The normalized spacial score (nSPS) is 26.5. The molecule has 0 radical (unpaired) electrons. The van der Waals surface area contributed by atoms with Crippen LogP contribution in [0.25, 0.3) is 11.0 Å². The van der Waals surface area contributed by atoms with Gasteiger partial charge in [0, 0.05) is 41.3 Å². The summed E-state index contributed by atoms with van der Waals surface area (Å²) in [4.78, 5) is 10.8. The largest absolute Gasteiger partial charge is 0.497 e. The second kappa shape index (κ2) is 7.35. The van der Waals surface area contributed by atoms with Crippen molar-refractivity contribution in [2.45, 2.75) is 76.1 Å². The number of benzene rings is 1. The Morgan fingerprint density at radius 1 is 1.13 bits per heavy atom. The van der Waals surface area contributed by atoms with Crippen molar-refractivity contribution < 1.29 is 9.84 Å². The number of hydrogen-bond acceptors (Lipinski definition) is 4. The Morgan fingerprint density at radius 3 is 2.42 bits per heavy atom. The molecule has 1 aromatic carbocycles. The fourth-order valence-electron chi connectivity index (χ4n) is 5.78. The van der Waals surface area contributed by atoms with Gasteiger partial charge >= 0.3 is 0 Å². The molecule has 164 valence electrons. The highest BCUT2D eigenvalue weighted by atomic mass is 16.5. The molecule has 5 nitrogen and oxygen atoms in total. The van der Waals surface area contributed by atoms with Gasteiger partial charge in [0.1, 0.15) is 11.4 Å². The number of aliphatic hydroxyl groups is 1. The molecular formula is C26H33N3O2. The van der Waals surface area contributed by atoms with Gasteiger partial charge in [-0.25, -0.2) is 4.98 Å². The van der Waals surface area contributed by atoms with E-state index in [4.69, 9.17) is 4.74 Å². The molecule has 2 fully saturated rings. The minimum absolute atomic E-state index is 0.0225. The first-order valence-corrected chi connectivity index (χ1v) is 11.4. The summed E-state index contributed by atoms with van der Waals surface area (Å²) in [5, 5.41) is 12.8. The summed E-state index contributed by atoms with van der Waals surface area (Å²) in [5.41, 5.74) is 3.88. The van der Waals surface area contributed by atoms with E-state index in [0.717, 1.165) is 49.2 Å². The molecule has 0 saturated carbocycles. The number of rotatable bonds is 4. The van der Waals surface area contributed by atoms with Gasteiger partial charge in [-0.1, -0.05) is 32.9 Å². The highest BCUT2D eigenvalue weighted by molar-refractivity contribution is 5.81. The molecule has 2 saturated heterocycles. The molecule has 2 bridgehead atoms. The van der Waals surface area contributed by atoms with Crippen molar-refractivity contribution in [1.29, 1.82) is 0 Å². The minimum Gasteiger partial charge on any atom is -0.497 e. The second-order valence-electron chi connectivity index (χ2n) is 10.4. The highest BCUT2D eigenvalue weighted by Crippen LogP contribution is 2.47. The van der Waals surface area contributed by atoms with Crippen molar-refractivity contribution in [3.05, 3.63) is 59.4 Å². The van der Waals surface area contributed by atoms with Crippen molar-refractivity contribution in [3.8, 4) is 5.75 Å². The summed E-state index contributed by atoms with van der Waals surface area (Å²) in [5.74, 6) is 0.829. The van der Waals surface area contributed by atoms with Crippen molar-refractivity contribution in [2.75, 3.05) is 7.11 Å². The number of H-pyrrole nitrogens is 1. The molecule has 31 heavy (non-hydrogen) atoms. The SMILES string of the molecule is COc1ccc(C2(O)C[C@H]3CC[C@@H](C2)N3Cc2c(C(C)(C)C)[nH]c3ncccc23)cc1. The van der Waals surface area contributed by atoms with Crippen LogP contribution in [0, 0.1) is 0 Å². The zero-order valence-corrected chi connectivity index (χ0v) is 19.0. The van der Waals surface area contributed by atoms with Gasteiger partial charge in [-0.15, -0.1) is 0 Å². The number of hydrogen-bond donors (Lipinski definition) is 2. The molecule has 2 aromatic heterocycles. The van der Waals surface area contributed by atoms with E-state index in [2.05, 4.69) is 41.7 Å². The van der Waals surface area contributed by atoms with Crippen LogP contribution in [-0.4, -0.2) is 39.2 Å². The lowest BCUT2D eigenvalue weighted by molar-refractivity contribution is -0.0595. The summed E-state index contributed by atoms with van der Waals surface area (Å²) in [6, 6.07) is 12.9. The first kappa shape index (κ1) is 20.5. The molecule has 0 aliphatic carbocycles. The van der Waals surface area contributed by atoms with E-state index in [9.17, 15) is 5.11 Å². The number of aromatic nitrogens is 2.